The van der Waals surface area contributed by atoms with Gasteiger partial charge in [-0.15, -0.1) is 0 Å². The normalized spacial score (nSPS) is 10.7. The fraction of sp³-hybridized carbons (Fsp3) is 0.0667. The fourth-order valence-electron chi connectivity index (χ4n) is 2.05. The number of carbonyl (C=O) groups is 1. The van der Waals surface area contributed by atoms with Crippen LogP contribution >= 0.6 is 11.6 Å². The number of fused-ring (bicyclic) bond motifs is 1. The molecule has 0 saturated heterocycles. The van der Waals surface area contributed by atoms with Crippen LogP contribution in [0.25, 0.3) is 5.65 Å². The second-order valence-electron chi connectivity index (χ2n) is 4.52. The minimum Gasteiger partial charge on any atom is -0.504 e. The lowest BCUT2D eigenvalue weighted by Gasteiger charge is -2.04. The van der Waals surface area contributed by atoms with Gasteiger partial charge < -0.3 is 14.8 Å². The van der Waals surface area contributed by atoms with Crippen molar-refractivity contribution in [3.05, 3.63) is 65.1 Å². The number of amides is 1. The van der Waals surface area contributed by atoms with Crippen LogP contribution in [0.4, 0.5) is 0 Å². The van der Waals surface area contributed by atoms with Crippen LogP contribution in [0.15, 0.2) is 48.8 Å². The van der Waals surface area contributed by atoms with Gasteiger partial charge in [-0.2, -0.15) is 0 Å². The van der Waals surface area contributed by atoms with Gasteiger partial charge in [-0.3, -0.25) is 4.79 Å². The average molecular weight is 302 g/mol. The number of aromatic nitrogens is 2. The van der Waals surface area contributed by atoms with Gasteiger partial charge in [-0.25, -0.2) is 4.98 Å². The molecule has 0 radical (unpaired) electrons. The minimum atomic E-state index is -0.262. The van der Waals surface area contributed by atoms with Gasteiger partial charge >= 0.3 is 0 Å². The summed E-state index contributed by atoms with van der Waals surface area (Å²) in [6.07, 6.45) is 3.53. The van der Waals surface area contributed by atoms with Crippen molar-refractivity contribution < 1.29 is 9.90 Å². The maximum atomic E-state index is 12.0. The smallest absolute Gasteiger partial charge is 0.253 e. The van der Waals surface area contributed by atoms with E-state index in [1.165, 1.54) is 0 Å². The topological polar surface area (TPSA) is 66.6 Å². The molecule has 0 bridgehead atoms. The molecule has 0 aliphatic rings. The van der Waals surface area contributed by atoms with Crippen molar-refractivity contribution >= 4 is 23.2 Å². The predicted molar refractivity (Wildman–Crippen MR) is 79.5 cm³/mol. The third-order valence-electron chi connectivity index (χ3n) is 3.06. The summed E-state index contributed by atoms with van der Waals surface area (Å²) in [5.41, 5.74) is 1.53. The van der Waals surface area contributed by atoms with Crippen LogP contribution in [-0.2, 0) is 6.54 Å². The molecule has 0 atom stereocenters. The number of halogens is 1. The molecule has 0 unspecified atom stereocenters. The summed E-state index contributed by atoms with van der Waals surface area (Å²) in [5.74, 6) is -0.164. The van der Waals surface area contributed by atoms with Gasteiger partial charge in [0.05, 0.1) is 22.8 Å². The van der Waals surface area contributed by atoms with E-state index >= 15 is 0 Å². The van der Waals surface area contributed by atoms with E-state index in [1.54, 1.807) is 53.2 Å². The first-order valence-electron chi connectivity index (χ1n) is 6.33. The van der Waals surface area contributed by atoms with E-state index in [0.29, 0.717) is 21.9 Å². The molecule has 0 fully saturated rings. The molecule has 21 heavy (non-hydrogen) atoms. The van der Waals surface area contributed by atoms with Crippen LogP contribution in [0.3, 0.4) is 0 Å². The Morgan fingerprint density at radius 3 is 2.86 bits per heavy atom. The molecular formula is C15H12ClN3O2. The van der Waals surface area contributed by atoms with Gasteiger partial charge in [0.2, 0.25) is 0 Å². The maximum absolute atomic E-state index is 12.0. The van der Waals surface area contributed by atoms with E-state index in [4.69, 9.17) is 11.6 Å². The van der Waals surface area contributed by atoms with Crippen LogP contribution in [0.5, 0.6) is 5.75 Å². The second kappa shape index (κ2) is 5.46. The Hall–Kier alpha value is -2.53. The number of hydrogen-bond donors (Lipinski definition) is 2. The molecule has 6 heteroatoms. The number of rotatable bonds is 3. The van der Waals surface area contributed by atoms with Crippen LogP contribution in [0, 0.1) is 0 Å². The Morgan fingerprint density at radius 2 is 2.10 bits per heavy atom. The number of aromatic hydroxyl groups is 1. The van der Waals surface area contributed by atoms with Crippen molar-refractivity contribution in [2.45, 2.75) is 6.54 Å². The number of nitrogens with zero attached hydrogens (tertiary/aromatic N) is 2. The fourth-order valence-corrected chi connectivity index (χ4v) is 2.27. The SMILES string of the molecule is O=C(NCc1cn2cccc(O)c2n1)c1ccccc1Cl. The van der Waals surface area contributed by atoms with Crippen LogP contribution in [0.1, 0.15) is 16.1 Å². The van der Waals surface area contributed by atoms with Crippen molar-refractivity contribution in [2.75, 3.05) is 0 Å². The molecule has 0 saturated carbocycles. The van der Waals surface area contributed by atoms with Gasteiger partial charge in [-0.1, -0.05) is 23.7 Å². The zero-order chi connectivity index (χ0) is 14.8. The number of nitrogens with one attached hydrogen (secondary N) is 1. The molecule has 2 aromatic heterocycles. The lowest BCUT2D eigenvalue weighted by molar-refractivity contribution is 0.0950. The molecule has 2 N–H and O–H groups in total. The Labute approximate surface area is 125 Å². The number of hydrogen-bond acceptors (Lipinski definition) is 3. The third kappa shape index (κ3) is 2.68. The summed E-state index contributed by atoms with van der Waals surface area (Å²) in [6.45, 7) is 0.255. The summed E-state index contributed by atoms with van der Waals surface area (Å²) < 4.78 is 1.70. The summed E-state index contributed by atoms with van der Waals surface area (Å²) in [6, 6.07) is 10.1. The second-order valence-corrected chi connectivity index (χ2v) is 4.93. The Balaban J connectivity index is 1.76. The predicted octanol–water partition coefficient (Wildman–Crippen LogP) is 2.62. The molecule has 2 heterocycles. The number of pyridine rings is 1. The van der Waals surface area contributed by atoms with E-state index in [1.807, 2.05) is 0 Å². The average Bonchev–Trinajstić information content (AvgIpc) is 2.90. The molecule has 0 aliphatic heterocycles. The zero-order valence-electron chi connectivity index (χ0n) is 11.0. The van der Waals surface area contributed by atoms with E-state index in [0.717, 1.165) is 0 Å². The molecule has 3 rings (SSSR count). The quantitative estimate of drug-likeness (QED) is 0.781. The van der Waals surface area contributed by atoms with Gasteiger partial charge in [0.25, 0.3) is 5.91 Å². The highest BCUT2D eigenvalue weighted by atomic mass is 35.5. The van der Waals surface area contributed by atoms with Gasteiger partial charge in [-0.05, 0) is 24.3 Å². The maximum Gasteiger partial charge on any atom is 0.253 e. The van der Waals surface area contributed by atoms with Gasteiger partial charge in [0.1, 0.15) is 0 Å². The molecule has 5 nitrogen and oxygen atoms in total. The van der Waals surface area contributed by atoms with Crippen molar-refractivity contribution in [3.63, 3.8) is 0 Å². The molecule has 3 aromatic rings. The van der Waals surface area contributed by atoms with Crippen molar-refractivity contribution in [3.8, 4) is 5.75 Å². The van der Waals surface area contributed by atoms with Crippen molar-refractivity contribution in [1.29, 1.82) is 0 Å². The van der Waals surface area contributed by atoms with Crippen LogP contribution < -0.4 is 5.32 Å². The Morgan fingerprint density at radius 1 is 1.29 bits per heavy atom. The molecule has 1 aromatic carbocycles. The van der Waals surface area contributed by atoms with Crippen LogP contribution in [0.2, 0.25) is 5.02 Å². The Bertz CT molecular complexity index is 814. The van der Waals surface area contributed by atoms with E-state index in [-0.39, 0.29) is 18.2 Å². The molecular weight excluding hydrogens is 290 g/mol. The molecule has 106 valence electrons. The largest absolute Gasteiger partial charge is 0.504 e. The van der Waals surface area contributed by atoms with E-state index in [9.17, 15) is 9.90 Å². The Kier molecular flexibility index (Phi) is 3.50. The highest BCUT2D eigenvalue weighted by Crippen LogP contribution is 2.17. The molecule has 0 spiro atoms. The minimum absolute atomic E-state index is 0.0983. The summed E-state index contributed by atoms with van der Waals surface area (Å²) in [7, 11) is 0. The highest BCUT2D eigenvalue weighted by molar-refractivity contribution is 6.33. The number of carbonyl (C=O) groups excluding carboxylic acids is 1. The van der Waals surface area contributed by atoms with Crippen molar-refractivity contribution in [1.82, 2.24) is 14.7 Å². The van der Waals surface area contributed by atoms with Crippen molar-refractivity contribution in [2.24, 2.45) is 0 Å². The van der Waals surface area contributed by atoms with Crippen LogP contribution in [-0.4, -0.2) is 20.4 Å². The lowest BCUT2D eigenvalue weighted by atomic mass is 10.2. The first kappa shape index (κ1) is 13.5. The standard InChI is InChI=1S/C15H12ClN3O2/c16-12-5-2-1-4-11(12)15(21)17-8-10-9-19-7-3-6-13(20)14(19)18-10/h1-7,9,20H,8H2,(H,17,21). The van der Waals surface area contributed by atoms with Gasteiger partial charge in [0, 0.05) is 12.4 Å². The van der Waals surface area contributed by atoms with Gasteiger partial charge in [0.15, 0.2) is 11.4 Å². The third-order valence-corrected chi connectivity index (χ3v) is 3.39. The summed E-state index contributed by atoms with van der Waals surface area (Å²) in [5, 5.41) is 12.8. The van der Waals surface area contributed by atoms with E-state index in [2.05, 4.69) is 10.3 Å². The first-order chi connectivity index (χ1) is 10.1. The summed E-state index contributed by atoms with van der Waals surface area (Å²) in [4.78, 5) is 16.3. The van der Waals surface area contributed by atoms with E-state index < -0.39 is 0 Å². The highest BCUT2D eigenvalue weighted by Gasteiger charge is 2.10. The number of imidazole rings is 1. The zero-order valence-corrected chi connectivity index (χ0v) is 11.7. The molecule has 1 amide bonds. The first-order valence-corrected chi connectivity index (χ1v) is 6.71. The summed E-state index contributed by atoms with van der Waals surface area (Å²) >= 11 is 5.97. The number of benzene rings is 1. The monoisotopic (exact) mass is 301 g/mol. The lowest BCUT2D eigenvalue weighted by Crippen LogP contribution is -2.23. The molecule has 0 aliphatic carbocycles.